The third kappa shape index (κ3) is 3.32. The van der Waals surface area contributed by atoms with Gasteiger partial charge in [0.15, 0.2) is 0 Å². The average Bonchev–Trinajstić information content (AvgIpc) is 2.77. The molecule has 18 heavy (non-hydrogen) atoms. The van der Waals surface area contributed by atoms with Crippen LogP contribution in [0.4, 0.5) is 0 Å². The van der Waals surface area contributed by atoms with Crippen LogP contribution in [0.15, 0.2) is 11.4 Å². The maximum atomic E-state index is 5.99. The van der Waals surface area contributed by atoms with Gasteiger partial charge in [-0.15, -0.1) is 11.3 Å². The molecule has 4 heteroatoms. The summed E-state index contributed by atoms with van der Waals surface area (Å²) in [5.74, 6) is 0. The molecule has 0 radical (unpaired) electrons. The molecule has 1 saturated heterocycles. The molecule has 1 fully saturated rings. The van der Waals surface area contributed by atoms with Crippen LogP contribution in [-0.2, 0) is 4.74 Å². The van der Waals surface area contributed by atoms with Crippen LogP contribution < -0.4 is 5.32 Å². The number of hydrogen-bond donors (Lipinski definition) is 1. The number of likely N-dealkylation sites (N-methyl/N-ethyl adjacent to an activating group) is 1. The Bertz CT molecular complexity index is 366. The molecule has 0 spiro atoms. The molecule has 102 valence electrons. The number of ether oxygens (including phenoxy) is 1. The maximum absolute atomic E-state index is 5.99. The lowest BCUT2D eigenvalue weighted by atomic mass is 10.0. The van der Waals surface area contributed by atoms with Gasteiger partial charge in [0.2, 0.25) is 0 Å². The van der Waals surface area contributed by atoms with Crippen LogP contribution in [0.25, 0.3) is 0 Å². The molecule has 1 aromatic rings. The molecular formula is C14H24N2OS. The minimum absolute atomic E-state index is 0.267. The van der Waals surface area contributed by atoms with Crippen LogP contribution in [0, 0.1) is 6.92 Å². The SMILES string of the molecule is CCCNC(c1ccsc1C)C1CN(C)CCO1. The normalized spacial score (nSPS) is 23.2. The highest BCUT2D eigenvalue weighted by molar-refractivity contribution is 7.10. The number of aryl methyl sites for hydroxylation is 1. The van der Waals surface area contributed by atoms with Crippen molar-refractivity contribution in [3.63, 3.8) is 0 Å². The number of morpholine rings is 1. The summed E-state index contributed by atoms with van der Waals surface area (Å²) in [6, 6.07) is 2.57. The summed E-state index contributed by atoms with van der Waals surface area (Å²) >= 11 is 1.82. The lowest BCUT2D eigenvalue weighted by Gasteiger charge is -2.35. The van der Waals surface area contributed by atoms with Crippen LogP contribution in [-0.4, -0.2) is 44.3 Å². The molecule has 2 rings (SSSR count). The summed E-state index contributed by atoms with van der Waals surface area (Å²) in [7, 11) is 2.17. The Hall–Kier alpha value is -0.420. The fourth-order valence-corrected chi connectivity index (χ4v) is 3.22. The van der Waals surface area contributed by atoms with Crippen LogP contribution in [0.5, 0.6) is 0 Å². The molecule has 0 amide bonds. The van der Waals surface area contributed by atoms with E-state index < -0.39 is 0 Å². The molecule has 1 aliphatic heterocycles. The molecule has 1 N–H and O–H groups in total. The third-order valence-corrected chi connectivity index (χ3v) is 4.38. The van der Waals surface area contributed by atoms with Crippen molar-refractivity contribution in [2.24, 2.45) is 0 Å². The zero-order valence-corrected chi connectivity index (χ0v) is 12.4. The fourth-order valence-electron chi connectivity index (χ4n) is 2.47. The van der Waals surface area contributed by atoms with E-state index in [1.807, 2.05) is 11.3 Å². The van der Waals surface area contributed by atoms with Gasteiger partial charge in [0.05, 0.1) is 18.8 Å². The Kier molecular flexibility index (Phi) is 5.18. The van der Waals surface area contributed by atoms with E-state index in [9.17, 15) is 0 Å². The molecule has 1 aliphatic rings. The van der Waals surface area contributed by atoms with Gasteiger partial charge in [0.25, 0.3) is 0 Å². The van der Waals surface area contributed by atoms with E-state index in [1.54, 1.807) is 0 Å². The zero-order chi connectivity index (χ0) is 13.0. The van der Waals surface area contributed by atoms with E-state index in [-0.39, 0.29) is 6.10 Å². The van der Waals surface area contributed by atoms with E-state index in [4.69, 9.17) is 4.74 Å². The Morgan fingerprint density at radius 1 is 1.61 bits per heavy atom. The van der Waals surface area contributed by atoms with Crippen molar-refractivity contribution in [1.29, 1.82) is 0 Å². The third-order valence-electron chi connectivity index (χ3n) is 3.52. The van der Waals surface area contributed by atoms with E-state index in [1.165, 1.54) is 10.4 Å². The van der Waals surface area contributed by atoms with Gasteiger partial charge in [-0.1, -0.05) is 6.92 Å². The minimum atomic E-state index is 0.267. The number of nitrogens with zero attached hydrogens (tertiary/aromatic N) is 1. The number of rotatable bonds is 5. The second-order valence-corrected chi connectivity index (χ2v) is 6.16. The monoisotopic (exact) mass is 268 g/mol. The summed E-state index contributed by atoms with van der Waals surface area (Å²) in [6.45, 7) is 8.35. The first-order valence-electron chi connectivity index (χ1n) is 6.80. The van der Waals surface area contributed by atoms with E-state index in [2.05, 4.69) is 42.6 Å². The van der Waals surface area contributed by atoms with E-state index in [0.29, 0.717) is 6.04 Å². The largest absolute Gasteiger partial charge is 0.374 e. The standard InChI is InChI=1S/C14H24N2OS/c1-4-6-15-14(12-5-9-18-11(12)2)13-10-16(3)7-8-17-13/h5,9,13-15H,4,6-8,10H2,1-3H3. The van der Waals surface area contributed by atoms with Gasteiger partial charge < -0.3 is 15.0 Å². The van der Waals surface area contributed by atoms with Crippen molar-refractivity contribution >= 4 is 11.3 Å². The summed E-state index contributed by atoms with van der Waals surface area (Å²) < 4.78 is 5.99. The highest BCUT2D eigenvalue weighted by Crippen LogP contribution is 2.28. The lowest BCUT2D eigenvalue weighted by molar-refractivity contribution is -0.0392. The lowest BCUT2D eigenvalue weighted by Crippen LogP contribution is -2.46. The predicted molar refractivity (Wildman–Crippen MR) is 77.3 cm³/mol. The second kappa shape index (κ2) is 6.66. The van der Waals surface area contributed by atoms with Gasteiger partial charge in [0, 0.05) is 18.0 Å². The van der Waals surface area contributed by atoms with Crippen LogP contribution in [0.2, 0.25) is 0 Å². The van der Waals surface area contributed by atoms with Gasteiger partial charge in [-0.25, -0.2) is 0 Å². The predicted octanol–water partition coefficient (Wildman–Crippen LogP) is 2.43. The van der Waals surface area contributed by atoms with E-state index >= 15 is 0 Å². The van der Waals surface area contributed by atoms with Crippen molar-refractivity contribution in [3.8, 4) is 0 Å². The van der Waals surface area contributed by atoms with Crippen LogP contribution in [0.3, 0.4) is 0 Å². The molecule has 3 nitrogen and oxygen atoms in total. The molecule has 2 atom stereocenters. The minimum Gasteiger partial charge on any atom is -0.374 e. The first-order valence-corrected chi connectivity index (χ1v) is 7.68. The highest BCUT2D eigenvalue weighted by atomic mass is 32.1. The molecule has 0 saturated carbocycles. The van der Waals surface area contributed by atoms with Crippen LogP contribution >= 0.6 is 11.3 Å². The van der Waals surface area contributed by atoms with Gasteiger partial charge >= 0.3 is 0 Å². The van der Waals surface area contributed by atoms with Crippen molar-refractivity contribution in [2.75, 3.05) is 33.3 Å². The summed E-state index contributed by atoms with van der Waals surface area (Å²) in [6.07, 6.45) is 1.42. The smallest absolute Gasteiger partial charge is 0.0897 e. The average molecular weight is 268 g/mol. The zero-order valence-electron chi connectivity index (χ0n) is 11.6. The molecule has 1 aromatic heterocycles. The van der Waals surface area contributed by atoms with E-state index in [0.717, 1.165) is 32.7 Å². The van der Waals surface area contributed by atoms with Crippen molar-refractivity contribution < 1.29 is 4.74 Å². The van der Waals surface area contributed by atoms with Gasteiger partial charge in [0.1, 0.15) is 0 Å². The number of nitrogens with one attached hydrogen (secondary N) is 1. The molecule has 0 aromatic carbocycles. The maximum Gasteiger partial charge on any atom is 0.0897 e. The Balaban J connectivity index is 2.11. The molecule has 0 bridgehead atoms. The van der Waals surface area contributed by atoms with Crippen LogP contribution in [0.1, 0.15) is 29.8 Å². The van der Waals surface area contributed by atoms with Crippen molar-refractivity contribution in [3.05, 3.63) is 21.9 Å². The second-order valence-electron chi connectivity index (χ2n) is 5.04. The molecule has 0 aliphatic carbocycles. The first-order chi connectivity index (χ1) is 8.72. The van der Waals surface area contributed by atoms with Gasteiger partial charge in [-0.05, 0) is 43.9 Å². The van der Waals surface area contributed by atoms with Gasteiger partial charge in [-0.3, -0.25) is 0 Å². The molecule has 2 unspecified atom stereocenters. The first kappa shape index (κ1) is 14.0. The molecule has 2 heterocycles. The van der Waals surface area contributed by atoms with Gasteiger partial charge in [-0.2, -0.15) is 0 Å². The number of thiophene rings is 1. The van der Waals surface area contributed by atoms with Crippen molar-refractivity contribution in [1.82, 2.24) is 10.2 Å². The Morgan fingerprint density at radius 3 is 3.06 bits per heavy atom. The quantitative estimate of drug-likeness (QED) is 0.887. The summed E-state index contributed by atoms with van der Waals surface area (Å²) in [5.41, 5.74) is 1.41. The van der Waals surface area contributed by atoms with Crippen molar-refractivity contribution in [2.45, 2.75) is 32.4 Å². The molecular weight excluding hydrogens is 244 g/mol. The Morgan fingerprint density at radius 2 is 2.44 bits per heavy atom. The highest BCUT2D eigenvalue weighted by Gasteiger charge is 2.28. The Labute approximate surface area is 114 Å². The summed E-state index contributed by atoms with van der Waals surface area (Å²) in [4.78, 5) is 3.76. The fraction of sp³-hybridized carbons (Fsp3) is 0.714. The summed E-state index contributed by atoms with van der Waals surface area (Å²) in [5, 5.41) is 5.84. The number of hydrogen-bond acceptors (Lipinski definition) is 4. The topological polar surface area (TPSA) is 24.5 Å².